The van der Waals surface area contributed by atoms with Crippen LogP contribution in [0.5, 0.6) is 11.5 Å². The van der Waals surface area contributed by atoms with Crippen LogP contribution in [0.2, 0.25) is 0 Å². The fraction of sp³-hybridized carbons (Fsp3) is 0.333. The van der Waals surface area contributed by atoms with E-state index in [0.29, 0.717) is 12.3 Å². The molecule has 3 heteroatoms. The maximum Gasteiger partial charge on any atom is 0.160 e. The molecular weight excluding hydrogens is 262 g/mol. The molecule has 0 bridgehead atoms. The van der Waals surface area contributed by atoms with Crippen LogP contribution in [0.1, 0.15) is 29.5 Å². The van der Waals surface area contributed by atoms with Crippen molar-refractivity contribution in [3.05, 3.63) is 59.2 Å². The fourth-order valence-electron chi connectivity index (χ4n) is 2.50. The summed E-state index contributed by atoms with van der Waals surface area (Å²) in [5.41, 5.74) is 9.64. The molecule has 1 atom stereocenters. The lowest BCUT2D eigenvalue weighted by Crippen LogP contribution is -2.15. The molecule has 3 nitrogen and oxygen atoms in total. The zero-order chi connectivity index (χ0) is 15.2. The van der Waals surface area contributed by atoms with E-state index < -0.39 is 0 Å². The topological polar surface area (TPSA) is 55.5 Å². The summed E-state index contributed by atoms with van der Waals surface area (Å²) in [7, 11) is 1.56. The van der Waals surface area contributed by atoms with E-state index in [2.05, 4.69) is 31.2 Å². The van der Waals surface area contributed by atoms with Gasteiger partial charge in [-0.3, -0.25) is 0 Å². The number of nitrogens with two attached hydrogens (primary N) is 1. The van der Waals surface area contributed by atoms with Crippen molar-refractivity contribution in [3.63, 3.8) is 0 Å². The molecule has 0 heterocycles. The molecule has 0 fully saturated rings. The fourth-order valence-corrected chi connectivity index (χ4v) is 2.50. The van der Waals surface area contributed by atoms with E-state index in [1.54, 1.807) is 13.2 Å². The Bertz CT molecular complexity index is 578. The minimum absolute atomic E-state index is 0.165. The molecule has 0 aliphatic rings. The highest BCUT2D eigenvalue weighted by molar-refractivity contribution is 5.42. The second-order valence-electron chi connectivity index (χ2n) is 5.24. The van der Waals surface area contributed by atoms with Gasteiger partial charge >= 0.3 is 0 Å². The average Bonchev–Trinajstić information content (AvgIpc) is 2.54. The smallest absolute Gasteiger partial charge is 0.160 e. The molecule has 0 amide bonds. The van der Waals surface area contributed by atoms with Gasteiger partial charge in [-0.2, -0.15) is 0 Å². The van der Waals surface area contributed by atoms with Crippen LogP contribution in [0.15, 0.2) is 42.5 Å². The number of methoxy groups -OCH3 is 1. The van der Waals surface area contributed by atoms with E-state index in [1.165, 1.54) is 11.1 Å². The summed E-state index contributed by atoms with van der Waals surface area (Å²) in [4.78, 5) is 0. The highest BCUT2D eigenvalue weighted by atomic mass is 16.5. The van der Waals surface area contributed by atoms with Gasteiger partial charge in [0, 0.05) is 5.92 Å². The van der Waals surface area contributed by atoms with Crippen molar-refractivity contribution in [2.45, 2.75) is 25.7 Å². The third-order valence-electron chi connectivity index (χ3n) is 3.87. The van der Waals surface area contributed by atoms with Gasteiger partial charge in [-0.15, -0.1) is 0 Å². The zero-order valence-electron chi connectivity index (χ0n) is 12.7. The number of phenols is 1. The highest BCUT2D eigenvalue weighted by Crippen LogP contribution is 2.29. The van der Waals surface area contributed by atoms with Gasteiger partial charge in [0.15, 0.2) is 11.5 Å². The van der Waals surface area contributed by atoms with Crippen molar-refractivity contribution in [1.29, 1.82) is 0 Å². The van der Waals surface area contributed by atoms with E-state index in [9.17, 15) is 5.11 Å². The van der Waals surface area contributed by atoms with Gasteiger partial charge in [0.05, 0.1) is 7.11 Å². The van der Waals surface area contributed by atoms with Crippen LogP contribution >= 0.6 is 0 Å². The summed E-state index contributed by atoms with van der Waals surface area (Å²) in [6, 6.07) is 14.1. The summed E-state index contributed by atoms with van der Waals surface area (Å²) < 4.78 is 5.16. The Labute approximate surface area is 126 Å². The van der Waals surface area contributed by atoms with Gasteiger partial charge in [0.1, 0.15) is 0 Å². The predicted molar refractivity (Wildman–Crippen MR) is 86.0 cm³/mol. The Morgan fingerprint density at radius 1 is 1.10 bits per heavy atom. The molecule has 21 heavy (non-hydrogen) atoms. The lowest BCUT2D eigenvalue weighted by atomic mass is 9.91. The molecule has 0 radical (unpaired) electrons. The molecule has 2 aromatic carbocycles. The largest absolute Gasteiger partial charge is 0.504 e. The summed E-state index contributed by atoms with van der Waals surface area (Å²) in [5, 5.41) is 9.65. The van der Waals surface area contributed by atoms with Crippen LogP contribution in [-0.2, 0) is 12.8 Å². The first-order valence-corrected chi connectivity index (χ1v) is 7.32. The van der Waals surface area contributed by atoms with Crippen molar-refractivity contribution < 1.29 is 9.84 Å². The molecule has 1 unspecified atom stereocenters. The quantitative estimate of drug-likeness (QED) is 0.856. The Morgan fingerprint density at radius 2 is 1.76 bits per heavy atom. The normalized spacial score (nSPS) is 12.1. The Hall–Kier alpha value is -2.00. The van der Waals surface area contributed by atoms with E-state index >= 15 is 0 Å². The first-order chi connectivity index (χ1) is 10.2. The van der Waals surface area contributed by atoms with Gasteiger partial charge in [0.2, 0.25) is 0 Å². The molecule has 0 saturated carbocycles. The molecule has 0 aliphatic heterocycles. The number of aryl methyl sites for hydroxylation is 1. The average molecular weight is 285 g/mol. The number of aromatic hydroxyl groups is 1. The Kier molecular flexibility index (Phi) is 5.23. The van der Waals surface area contributed by atoms with Crippen molar-refractivity contribution in [2.24, 2.45) is 5.73 Å². The zero-order valence-corrected chi connectivity index (χ0v) is 12.7. The predicted octanol–water partition coefficient (Wildman–Crippen LogP) is 3.25. The maximum absolute atomic E-state index is 9.65. The van der Waals surface area contributed by atoms with Gasteiger partial charge in [0.25, 0.3) is 0 Å². The summed E-state index contributed by atoms with van der Waals surface area (Å²) in [6.45, 7) is 2.74. The number of rotatable bonds is 6. The van der Waals surface area contributed by atoms with Gasteiger partial charge < -0.3 is 15.6 Å². The van der Waals surface area contributed by atoms with Gasteiger partial charge in [-0.05, 0) is 48.2 Å². The van der Waals surface area contributed by atoms with Crippen LogP contribution in [0, 0.1) is 0 Å². The van der Waals surface area contributed by atoms with Crippen molar-refractivity contribution in [2.75, 3.05) is 13.7 Å². The van der Waals surface area contributed by atoms with E-state index in [4.69, 9.17) is 10.5 Å². The van der Waals surface area contributed by atoms with E-state index in [-0.39, 0.29) is 11.7 Å². The van der Waals surface area contributed by atoms with E-state index in [1.807, 2.05) is 12.1 Å². The standard InChI is InChI=1S/C18H23NO2/c1-3-13-4-7-15(8-5-13)16(12-19)10-14-6-9-17(20)18(11-14)21-2/h4-9,11,16,20H,3,10,12,19H2,1-2H3. The number of benzene rings is 2. The van der Waals surface area contributed by atoms with Gasteiger partial charge in [-0.25, -0.2) is 0 Å². The molecule has 0 spiro atoms. The first-order valence-electron chi connectivity index (χ1n) is 7.32. The van der Waals surface area contributed by atoms with Crippen LogP contribution in [0.4, 0.5) is 0 Å². The van der Waals surface area contributed by atoms with Crippen LogP contribution in [0.25, 0.3) is 0 Å². The van der Waals surface area contributed by atoms with Crippen LogP contribution < -0.4 is 10.5 Å². The van der Waals surface area contributed by atoms with Gasteiger partial charge in [-0.1, -0.05) is 37.3 Å². The molecule has 0 saturated heterocycles. The maximum atomic E-state index is 9.65. The Morgan fingerprint density at radius 3 is 2.33 bits per heavy atom. The lowest BCUT2D eigenvalue weighted by molar-refractivity contribution is 0.373. The summed E-state index contributed by atoms with van der Waals surface area (Å²) >= 11 is 0. The molecule has 2 aromatic rings. The lowest BCUT2D eigenvalue weighted by Gasteiger charge is -2.16. The minimum Gasteiger partial charge on any atom is -0.504 e. The molecule has 3 N–H and O–H groups in total. The van der Waals surface area contributed by atoms with E-state index in [0.717, 1.165) is 18.4 Å². The van der Waals surface area contributed by atoms with Crippen molar-refractivity contribution >= 4 is 0 Å². The number of phenolic OH excluding ortho intramolecular Hbond substituents is 1. The molecule has 2 rings (SSSR count). The Balaban J connectivity index is 2.18. The summed E-state index contributed by atoms with van der Waals surface area (Å²) in [5.74, 6) is 0.938. The van der Waals surface area contributed by atoms with Crippen molar-refractivity contribution in [1.82, 2.24) is 0 Å². The SMILES string of the molecule is CCc1ccc(C(CN)Cc2ccc(O)c(OC)c2)cc1. The second kappa shape index (κ2) is 7.14. The number of hydrogen-bond donors (Lipinski definition) is 2. The van der Waals surface area contributed by atoms with Crippen LogP contribution in [0.3, 0.4) is 0 Å². The number of hydrogen-bond acceptors (Lipinski definition) is 3. The van der Waals surface area contributed by atoms with Crippen molar-refractivity contribution in [3.8, 4) is 11.5 Å². The molecule has 0 aromatic heterocycles. The minimum atomic E-state index is 0.165. The molecular formula is C18H23NO2. The third-order valence-corrected chi connectivity index (χ3v) is 3.87. The third kappa shape index (κ3) is 3.76. The summed E-state index contributed by atoms with van der Waals surface area (Å²) in [6.07, 6.45) is 1.88. The van der Waals surface area contributed by atoms with Crippen LogP contribution in [-0.4, -0.2) is 18.8 Å². The monoisotopic (exact) mass is 285 g/mol. The molecule has 0 aliphatic carbocycles. The highest BCUT2D eigenvalue weighted by Gasteiger charge is 2.12. The molecule has 112 valence electrons. The first kappa shape index (κ1) is 15.4. The number of ether oxygens (including phenoxy) is 1. The second-order valence-corrected chi connectivity index (χ2v) is 5.24.